The maximum atomic E-state index is 13.0. The number of carbonyl (C=O) groups excluding carboxylic acids is 1. The number of carbonyl (C=O) groups is 1. The summed E-state index contributed by atoms with van der Waals surface area (Å²) in [5.41, 5.74) is 1.29. The van der Waals surface area contributed by atoms with E-state index < -0.39 is 5.82 Å². The van der Waals surface area contributed by atoms with Crippen LogP contribution in [0.15, 0.2) is 48.5 Å². The molecule has 0 radical (unpaired) electrons. The van der Waals surface area contributed by atoms with Crippen molar-refractivity contribution in [3.05, 3.63) is 64.9 Å². The fourth-order valence-electron chi connectivity index (χ4n) is 3.04. The van der Waals surface area contributed by atoms with Gasteiger partial charge in [-0.3, -0.25) is 4.79 Å². The smallest absolute Gasteiger partial charge is 0.258 e. The van der Waals surface area contributed by atoms with Crippen molar-refractivity contribution in [1.29, 1.82) is 0 Å². The minimum absolute atomic E-state index is 0.0316. The minimum Gasteiger partial charge on any atom is -0.482 e. The van der Waals surface area contributed by atoms with Gasteiger partial charge in [0.25, 0.3) is 5.91 Å². The van der Waals surface area contributed by atoms with E-state index in [0.29, 0.717) is 13.2 Å². The van der Waals surface area contributed by atoms with Gasteiger partial charge in [-0.2, -0.15) is 0 Å². The van der Waals surface area contributed by atoms with Crippen molar-refractivity contribution >= 4 is 17.5 Å². The first-order chi connectivity index (χ1) is 13.1. The summed E-state index contributed by atoms with van der Waals surface area (Å²) >= 11 is 5.87. The summed E-state index contributed by atoms with van der Waals surface area (Å²) < 4.78 is 24.1. The van der Waals surface area contributed by atoms with Crippen molar-refractivity contribution in [2.75, 3.05) is 32.8 Å². The molecule has 0 bridgehead atoms. The van der Waals surface area contributed by atoms with E-state index >= 15 is 0 Å². The Bertz CT molecular complexity index is 760. The predicted molar refractivity (Wildman–Crippen MR) is 100 cm³/mol. The van der Waals surface area contributed by atoms with Crippen molar-refractivity contribution in [2.24, 2.45) is 0 Å². The van der Waals surface area contributed by atoms with Crippen LogP contribution in [-0.2, 0) is 16.1 Å². The molecule has 1 saturated heterocycles. The number of halogens is 2. The molecule has 1 aliphatic rings. The van der Waals surface area contributed by atoms with Gasteiger partial charge in [0.05, 0.1) is 11.6 Å². The van der Waals surface area contributed by atoms with Gasteiger partial charge in [0.15, 0.2) is 6.61 Å². The van der Waals surface area contributed by atoms with E-state index in [2.05, 4.69) is 17.4 Å². The molecule has 2 N–H and O–H groups in total. The summed E-state index contributed by atoms with van der Waals surface area (Å²) in [5.74, 6) is -0.441. The van der Waals surface area contributed by atoms with Gasteiger partial charge in [-0.25, -0.2) is 4.39 Å². The van der Waals surface area contributed by atoms with Crippen molar-refractivity contribution in [1.82, 2.24) is 5.32 Å². The summed E-state index contributed by atoms with van der Waals surface area (Å²) in [5, 5.41) is 2.96. The Morgan fingerprint density at radius 1 is 1.30 bits per heavy atom. The predicted octanol–water partition coefficient (Wildman–Crippen LogP) is 1.46. The standard InChI is InChI=1S/C20H22ClFN2O3/c21-18-10-16(22)6-7-19(18)27-14-20(25)23-11-17-13-24(8-9-26-17)12-15-4-2-1-3-5-15/h1-7,10,17H,8-9,11-14H2,(H,23,25)/p+1/t17-/m1/s1. The largest absolute Gasteiger partial charge is 0.482 e. The number of nitrogens with one attached hydrogen (secondary N) is 2. The molecule has 2 atom stereocenters. The Morgan fingerprint density at radius 3 is 2.89 bits per heavy atom. The maximum Gasteiger partial charge on any atom is 0.258 e. The fourth-order valence-corrected chi connectivity index (χ4v) is 3.27. The molecule has 5 nitrogen and oxygen atoms in total. The third kappa shape index (κ3) is 6.20. The Morgan fingerprint density at radius 2 is 2.11 bits per heavy atom. The van der Waals surface area contributed by atoms with Gasteiger partial charge in [-0.15, -0.1) is 0 Å². The van der Waals surface area contributed by atoms with E-state index in [-0.39, 0.29) is 29.4 Å². The summed E-state index contributed by atoms with van der Waals surface area (Å²) in [7, 11) is 0. The number of morpholine rings is 1. The second-order valence-electron chi connectivity index (χ2n) is 6.53. The zero-order chi connectivity index (χ0) is 19.1. The number of benzene rings is 2. The van der Waals surface area contributed by atoms with Crippen molar-refractivity contribution < 1.29 is 23.6 Å². The van der Waals surface area contributed by atoms with E-state index in [4.69, 9.17) is 21.1 Å². The van der Waals surface area contributed by atoms with Crippen LogP contribution in [0.4, 0.5) is 4.39 Å². The molecular weight excluding hydrogens is 371 g/mol. The molecule has 0 saturated carbocycles. The van der Waals surface area contributed by atoms with Gasteiger partial charge >= 0.3 is 0 Å². The average molecular weight is 394 g/mol. The second-order valence-corrected chi connectivity index (χ2v) is 6.93. The Labute approximate surface area is 163 Å². The second kappa shape index (κ2) is 9.69. The monoisotopic (exact) mass is 393 g/mol. The minimum atomic E-state index is -0.450. The quantitative estimate of drug-likeness (QED) is 0.748. The van der Waals surface area contributed by atoms with Crippen LogP contribution in [0.3, 0.4) is 0 Å². The molecule has 1 aliphatic heterocycles. The van der Waals surface area contributed by atoms with Crippen LogP contribution in [0, 0.1) is 5.82 Å². The molecule has 0 aliphatic carbocycles. The van der Waals surface area contributed by atoms with E-state index in [0.717, 1.165) is 25.7 Å². The van der Waals surface area contributed by atoms with Gasteiger partial charge in [-0.1, -0.05) is 41.9 Å². The van der Waals surface area contributed by atoms with Crippen LogP contribution in [0.1, 0.15) is 5.56 Å². The highest BCUT2D eigenvalue weighted by Gasteiger charge is 2.24. The molecule has 0 spiro atoms. The molecule has 7 heteroatoms. The van der Waals surface area contributed by atoms with Crippen LogP contribution in [0.2, 0.25) is 5.02 Å². The van der Waals surface area contributed by atoms with Crippen LogP contribution < -0.4 is 15.0 Å². The number of amides is 1. The Hall–Kier alpha value is -2.15. The number of hydrogen-bond donors (Lipinski definition) is 2. The number of rotatable bonds is 7. The SMILES string of the molecule is O=C(COc1ccc(F)cc1Cl)NC[C@@H]1C[NH+](Cc2ccccc2)CCO1. The van der Waals surface area contributed by atoms with E-state index in [1.807, 2.05) is 18.2 Å². The van der Waals surface area contributed by atoms with Crippen molar-refractivity contribution in [3.63, 3.8) is 0 Å². The van der Waals surface area contributed by atoms with E-state index in [9.17, 15) is 9.18 Å². The number of ether oxygens (including phenoxy) is 2. The highest BCUT2D eigenvalue weighted by atomic mass is 35.5. The van der Waals surface area contributed by atoms with Gasteiger partial charge in [0, 0.05) is 12.1 Å². The summed E-state index contributed by atoms with van der Waals surface area (Å²) in [6.45, 7) is 3.65. The molecule has 3 rings (SSSR count). The third-order valence-electron chi connectivity index (χ3n) is 4.40. The lowest BCUT2D eigenvalue weighted by Gasteiger charge is -2.30. The van der Waals surface area contributed by atoms with Crippen LogP contribution >= 0.6 is 11.6 Å². The average Bonchev–Trinajstić information content (AvgIpc) is 2.67. The van der Waals surface area contributed by atoms with Crippen molar-refractivity contribution in [2.45, 2.75) is 12.6 Å². The highest BCUT2D eigenvalue weighted by Crippen LogP contribution is 2.24. The Balaban J connectivity index is 1.40. The zero-order valence-electron chi connectivity index (χ0n) is 14.9. The Kier molecular flexibility index (Phi) is 7.04. The zero-order valence-corrected chi connectivity index (χ0v) is 15.7. The molecular formula is C20H23ClFN2O3+. The van der Waals surface area contributed by atoms with Crippen LogP contribution in [-0.4, -0.2) is 44.9 Å². The molecule has 1 amide bonds. The van der Waals surface area contributed by atoms with E-state index in [1.165, 1.54) is 22.6 Å². The summed E-state index contributed by atoms with van der Waals surface area (Å²) in [6.07, 6.45) is -0.0316. The molecule has 1 heterocycles. The fraction of sp³-hybridized carbons (Fsp3) is 0.350. The molecule has 0 aromatic heterocycles. The first-order valence-corrected chi connectivity index (χ1v) is 9.31. The van der Waals surface area contributed by atoms with Gasteiger partial charge in [-0.05, 0) is 18.2 Å². The lowest BCUT2D eigenvalue weighted by molar-refractivity contribution is -0.925. The van der Waals surface area contributed by atoms with Crippen LogP contribution in [0.25, 0.3) is 0 Å². The first-order valence-electron chi connectivity index (χ1n) is 8.94. The van der Waals surface area contributed by atoms with Crippen LogP contribution in [0.5, 0.6) is 5.75 Å². The molecule has 2 aromatic rings. The lowest BCUT2D eigenvalue weighted by atomic mass is 10.2. The van der Waals surface area contributed by atoms with Gasteiger partial charge in [0.2, 0.25) is 0 Å². The topological polar surface area (TPSA) is 52.0 Å². The van der Waals surface area contributed by atoms with Gasteiger partial charge < -0.3 is 19.7 Å². The van der Waals surface area contributed by atoms with Gasteiger partial charge in [0.1, 0.15) is 37.3 Å². The summed E-state index contributed by atoms with van der Waals surface area (Å²) in [6, 6.07) is 14.1. The normalized spacial score (nSPS) is 19.5. The third-order valence-corrected chi connectivity index (χ3v) is 4.70. The van der Waals surface area contributed by atoms with E-state index in [1.54, 1.807) is 0 Å². The highest BCUT2D eigenvalue weighted by molar-refractivity contribution is 6.32. The lowest BCUT2D eigenvalue weighted by Crippen LogP contribution is -3.13. The summed E-state index contributed by atoms with van der Waals surface area (Å²) in [4.78, 5) is 13.4. The van der Waals surface area contributed by atoms with Crippen molar-refractivity contribution in [3.8, 4) is 5.75 Å². The number of quaternary nitrogens is 1. The number of hydrogen-bond acceptors (Lipinski definition) is 3. The molecule has 1 fully saturated rings. The molecule has 2 aromatic carbocycles. The molecule has 27 heavy (non-hydrogen) atoms. The molecule has 1 unspecified atom stereocenters. The first kappa shape index (κ1) is 19.6. The maximum absolute atomic E-state index is 13.0. The molecule has 144 valence electrons.